The molecule has 2 aromatic heterocycles. The first-order chi connectivity index (χ1) is 13.8. The predicted molar refractivity (Wildman–Crippen MR) is 103 cm³/mol. The number of aromatic nitrogens is 3. The number of hydrogen-bond donors (Lipinski definition) is 1. The molecule has 0 aliphatic carbocycles. The summed E-state index contributed by atoms with van der Waals surface area (Å²) in [5, 5.41) is 3.70. The fraction of sp³-hybridized carbons (Fsp3) is 0.429. The highest BCUT2D eigenvalue weighted by molar-refractivity contribution is 5.54. The van der Waals surface area contributed by atoms with Crippen LogP contribution in [0.1, 0.15) is 29.9 Å². The third-order valence-electron chi connectivity index (χ3n) is 5.79. The first-order valence-corrected chi connectivity index (χ1v) is 9.73. The van der Waals surface area contributed by atoms with Crippen LogP contribution in [-0.2, 0) is 23.2 Å². The third kappa shape index (κ3) is 3.00. The van der Waals surface area contributed by atoms with Crippen LogP contribution in [-0.4, -0.2) is 41.4 Å². The molecule has 1 aromatic carbocycles. The van der Waals surface area contributed by atoms with Gasteiger partial charge in [0.15, 0.2) is 0 Å². The Balaban J connectivity index is 1.38. The molecule has 0 unspecified atom stereocenters. The van der Waals surface area contributed by atoms with Crippen molar-refractivity contribution >= 4 is 0 Å². The second-order valence-corrected chi connectivity index (χ2v) is 7.41. The Labute approximate surface area is 163 Å². The highest BCUT2D eigenvalue weighted by Crippen LogP contribution is 2.36. The molecular formula is C21H24N4O3. The minimum absolute atomic E-state index is 0.0326. The van der Waals surface area contributed by atoms with Gasteiger partial charge < -0.3 is 23.8 Å². The quantitative estimate of drug-likeness (QED) is 0.750. The zero-order valence-electron chi connectivity index (χ0n) is 16.0. The van der Waals surface area contributed by atoms with Gasteiger partial charge in [0.2, 0.25) is 5.89 Å². The number of methoxy groups -OCH3 is 1. The summed E-state index contributed by atoms with van der Waals surface area (Å²) < 4.78 is 18.7. The Morgan fingerprint density at radius 2 is 2.04 bits per heavy atom. The van der Waals surface area contributed by atoms with Crippen LogP contribution in [0.3, 0.4) is 0 Å². The van der Waals surface area contributed by atoms with Crippen molar-refractivity contribution in [2.75, 3.05) is 26.9 Å². The van der Waals surface area contributed by atoms with Gasteiger partial charge >= 0.3 is 0 Å². The molecule has 0 bridgehead atoms. The normalized spacial score (nSPS) is 18.2. The minimum atomic E-state index is -0.0326. The maximum Gasteiger partial charge on any atom is 0.226 e. The van der Waals surface area contributed by atoms with E-state index in [9.17, 15) is 0 Å². The summed E-state index contributed by atoms with van der Waals surface area (Å²) >= 11 is 0. The molecule has 7 nitrogen and oxygen atoms in total. The number of benzene rings is 1. The third-order valence-corrected chi connectivity index (χ3v) is 5.79. The summed E-state index contributed by atoms with van der Waals surface area (Å²) in [6.45, 7) is 3.20. The van der Waals surface area contributed by atoms with Gasteiger partial charge in [0, 0.05) is 37.4 Å². The zero-order valence-corrected chi connectivity index (χ0v) is 16.0. The van der Waals surface area contributed by atoms with Gasteiger partial charge in [-0.3, -0.25) is 0 Å². The molecule has 1 saturated heterocycles. The molecule has 1 fully saturated rings. The van der Waals surface area contributed by atoms with E-state index in [1.165, 1.54) is 11.4 Å². The SMILES string of the molecule is COc1ccc(-c2nc(Cn3cnc4c3CCNC43CCOCC3)co2)cc1. The summed E-state index contributed by atoms with van der Waals surface area (Å²) in [6.07, 6.45) is 6.60. The Morgan fingerprint density at radius 3 is 2.82 bits per heavy atom. The molecule has 2 aliphatic heterocycles. The van der Waals surface area contributed by atoms with Crippen molar-refractivity contribution in [1.82, 2.24) is 19.9 Å². The molecular weight excluding hydrogens is 356 g/mol. The molecule has 0 amide bonds. The number of oxazole rings is 1. The van der Waals surface area contributed by atoms with Crippen molar-refractivity contribution in [3.8, 4) is 17.2 Å². The monoisotopic (exact) mass is 380 g/mol. The summed E-state index contributed by atoms with van der Waals surface area (Å²) in [5.74, 6) is 1.44. The molecule has 28 heavy (non-hydrogen) atoms. The number of nitrogens with one attached hydrogen (secondary N) is 1. The number of fused-ring (bicyclic) bond motifs is 2. The van der Waals surface area contributed by atoms with E-state index in [-0.39, 0.29) is 5.54 Å². The van der Waals surface area contributed by atoms with E-state index >= 15 is 0 Å². The van der Waals surface area contributed by atoms with Gasteiger partial charge in [-0.15, -0.1) is 0 Å². The number of imidazole rings is 1. The largest absolute Gasteiger partial charge is 0.497 e. The molecule has 2 aliphatic rings. The standard InChI is InChI=1S/C21H24N4O3/c1-26-17-4-2-15(3-5-17)20-24-16(13-28-20)12-25-14-22-19-18(25)6-9-23-21(19)7-10-27-11-8-21/h2-5,13-14,23H,6-12H2,1H3. The van der Waals surface area contributed by atoms with E-state index in [0.717, 1.165) is 56.0 Å². The zero-order chi connectivity index (χ0) is 19.0. The van der Waals surface area contributed by atoms with Gasteiger partial charge in [-0.1, -0.05) is 0 Å². The van der Waals surface area contributed by atoms with Crippen LogP contribution in [0.15, 0.2) is 41.3 Å². The lowest BCUT2D eigenvalue weighted by Crippen LogP contribution is -2.51. The smallest absolute Gasteiger partial charge is 0.226 e. The van der Waals surface area contributed by atoms with E-state index in [1.54, 1.807) is 13.4 Å². The van der Waals surface area contributed by atoms with Crippen molar-refractivity contribution in [2.24, 2.45) is 0 Å². The molecule has 0 saturated carbocycles. The number of rotatable bonds is 4. The maximum atomic E-state index is 5.71. The van der Waals surface area contributed by atoms with Crippen LogP contribution in [0.25, 0.3) is 11.5 Å². The Morgan fingerprint density at radius 1 is 1.21 bits per heavy atom. The lowest BCUT2D eigenvalue weighted by Gasteiger charge is -2.40. The van der Waals surface area contributed by atoms with Crippen LogP contribution < -0.4 is 10.1 Å². The lowest BCUT2D eigenvalue weighted by molar-refractivity contribution is 0.0322. The van der Waals surface area contributed by atoms with Crippen LogP contribution in [0.4, 0.5) is 0 Å². The van der Waals surface area contributed by atoms with Crippen molar-refractivity contribution in [2.45, 2.75) is 31.3 Å². The van der Waals surface area contributed by atoms with Crippen LogP contribution in [0.2, 0.25) is 0 Å². The Bertz CT molecular complexity index is 954. The molecule has 3 aromatic rings. The lowest BCUT2D eigenvalue weighted by atomic mass is 9.82. The van der Waals surface area contributed by atoms with E-state index in [1.807, 2.05) is 30.6 Å². The topological polar surface area (TPSA) is 74.3 Å². The Hall–Kier alpha value is -2.64. The van der Waals surface area contributed by atoms with Gasteiger partial charge in [-0.25, -0.2) is 9.97 Å². The van der Waals surface area contributed by atoms with Crippen molar-refractivity contribution in [3.05, 3.63) is 53.9 Å². The molecule has 7 heteroatoms. The molecule has 146 valence electrons. The first-order valence-electron chi connectivity index (χ1n) is 9.73. The van der Waals surface area contributed by atoms with E-state index in [0.29, 0.717) is 12.4 Å². The van der Waals surface area contributed by atoms with Gasteiger partial charge in [0.25, 0.3) is 0 Å². The van der Waals surface area contributed by atoms with Gasteiger partial charge in [0.05, 0.1) is 36.9 Å². The highest BCUT2D eigenvalue weighted by atomic mass is 16.5. The van der Waals surface area contributed by atoms with E-state index < -0.39 is 0 Å². The minimum Gasteiger partial charge on any atom is -0.497 e. The van der Waals surface area contributed by atoms with Gasteiger partial charge in [0.1, 0.15) is 12.0 Å². The van der Waals surface area contributed by atoms with Crippen LogP contribution in [0.5, 0.6) is 5.75 Å². The fourth-order valence-electron chi connectivity index (χ4n) is 4.26. The fourth-order valence-corrected chi connectivity index (χ4v) is 4.26. The number of nitrogens with zero attached hydrogens (tertiary/aromatic N) is 3. The maximum absolute atomic E-state index is 5.71. The van der Waals surface area contributed by atoms with Crippen molar-refractivity contribution in [1.29, 1.82) is 0 Å². The molecule has 1 spiro atoms. The van der Waals surface area contributed by atoms with Gasteiger partial charge in [-0.2, -0.15) is 0 Å². The van der Waals surface area contributed by atoms with E-state index in [2.05, 4.69) is 14.9 Å². The van der Waals surface area contributed by atoms with Gasteiger partial charge in [-0.05, 0) is 37.1 Å². The molecule has 0 radical (unpaired) electrons. The second kappa shape index (κ2) is 7.07. The molecule has 5 rings (SSSR count). The Kier molecular flexibility index (Phi) is 4.41. The first kappa shape index (κ1) is 17.5. The molecule has 0 atom stereocenters. The van der Waals surface area contributed by atoms with Crippen LogP contribution in [0, 0.1) is 0 Å². The summed E-state index contributed by atoms with van der Waals surface area (Å²) in [7, 11) is 1.66. The number of hydrogen-bond acceptors (Lipinski definition) is 6. The average Bonchev–Trinajstić information content (AvgIpc) is 3.38. The highest BCUT2D eigenvalue weighted by Gasteiger charge is 2.40. The summed E-state index contributed by atoms with van der Waals surface area (Å²) in [5.41, 5.74) is 4.28. The van der Waals surface area contributed by atoms with Crippen molar-refractivity contribution < 1.29 is 13.9 Å². The molecule has 4 heterocycles. The van der Waals surface area contributed by atoms with Crippen LogP contribution >= 0.6 is 0 Å². The average molecular weight is 380 g/mol. The summed E-state index contributed by atoms with van der Waals surface area (Å²) in [6, 6.07) is 7.72. The number of ether oxygens (including phenoxy) is 2. The second-order valence-electron chi connectivity index (χ2n) is 7.41. The van der Waals surface area contributed by atoms with Crippen molar-refractivity contribution in [3.63, 3.8) is 0 Å². The predicted octanol–water partition coefficient (Wildman–Crippen LogP) is 2.75. The summed E-state index contributed by atoms with van der Waals surface area (Å²) in [4.78, 5) is 9.46. The van der Waals surface area contributed by atoms with E-state index in [4.69, 9.17) is 18.9 Å². The molecule has 1 N–H and O–H groups in total.